The van der Waals surface area contributed by atoms with Crippen molar-refractivity contribution in [2.75, 3.05) is 0 Å². The van der Waals surface area contributed by atoms with E-state index in [0.29, 0.717) is 0 Å². The second-order valence-corrected chi connectivity index (χ2v) is 2.71. The molecule has 0 bridgehead atoms. The predicted molar refractivity (Wildman–Crippen MR) is 47.2 cm³/mol. The molecule has 0 aliphatic heterocycles. The number of hydrogen-bond donors (Lipinski definition) is 0. The number of hydrogen-bond acceptors (Lipinski definition) is 0. The average Bonchev–Trinajstić information content (AvgIpc) is 2.01. The topological polar surface area (TPSA) is 3.88 Å². The normalized spacial score (nSPS) is 10.4. The highest BCUT2D eigenvalue weighted by atomic mass is 19.5. The molecule has 1 heterocycles. The molecule has 1 aromatic heterocycles. The maximum atomic E-state index is 9.75. The molecular formula is C8H12BF4N. The highest BCUT2D eigenvalue weighted by Gasteiger charge is 2.20. The van der Waals surface area contributed by atoms with Gasteiger partial charge >= 0.3 is 7.25 Å². The number of aryl methyl sites for hydroxylation is 2. The molecule has 0 atom stereocenters. The van der Waals surface area contributed by atoms with Gasteiger partial charge < -0.3 is 17.3 Å². The summed E-state index contributed by atoms with van der Waals surface area (Å²) in [6.07, 6.45) is 4.22. The summed E-state index contributed by atoms with van der Waals surface area (Å²) in [5.41, 5.74) is 1.32. The lowest BCUT2D eigenvalue weighted by molar-refractivity contribution is -0.693. The van der Waals surface area contributed by atoms with Gasteiger partial charge in [0.05, 0.1) is 0 Å². The van der Waals surface area contributed by atoms with Crippen molar-refractivity contribution in [2.45, 2.75) is 20.4 Å². The first-order valence-electron chi connectivity index (χ1n) is 4.16. The number of nitrogens with zero attached hydrogens (tertiary/aromatic N) is 1. The summed E-state index contributed by atoms with van der Waals surface area (Å²) in [6.45, 7) is 5.30. The Morgan fingerprint density at radius 2 is 1.79 bits per heavy atom. The van der Waals surface area contributed by atoms with Gasteiger partial charge in [0.2, 0.25) is 0 Å². The lowest BCUT2D eigenvalue weighted by Gasteiger charge is -1.94. The lowest BCUT2D eigenvalue weighted by Crippen LogP contribution is -2.30. The monoisotopic (exact) mass is 209 g/mol. The van der Waals surface area contributed by atoms with Crippen molar-refractivity contribution >= 4 is 7.25 Å². The van der Waals surface area contributed by atoms with Crippen LogP contribution in [0, 0.1) is 6.92 Å². The largest absolute Gasteiger partial charge is 0.673 e. The van der Waals surface area contributed by atoms with E-state index in [9.17, 15) is 17.3 Å². The van der Waals surface area contributed by atoms with E-state index in [1.165, 1.54) is 5.56 Å². The highest BCUT2D eigenvalue weighted by molar-refractivity contribution is 6.50. The number of rotatable bonds is 1. The Bertz CT molecular complexity index is 268. The van der Waals surface area contributed by atoms with Crippen LogP contribution in [-0.2, 0) is 6.54 Å². The summed E-state index contributed by atoms with van der Waals surface area (Å²) in [5, 5.41) is 0. The van der Waals surface area contributed by atoms with Crippen LogP contribution in [-0.4, -0.2) is 7.25 Å². The zero-order valence-corrected chi connectivity index (χ0v) is 8.05. The summed E-state index contributed by atoms with van der Waals surface area (Å²) >= 11 is 0. The van der Waals surface area contributed by atoms with Crippen LogP contribution in [0.2, 0.25) is 0 Å². The second-order valence-electron chi connectivity index (χ2n) is 2.71. The van der Waals surface area contributed by atoms with Crippen molar-refractivity contribution in [3.63, 3.8) is 0 Å². The second kappa shape index (κ2) is 5.62. The molecule has 0 spiro atoms. The Morgan fingerprint density at radius 1 is 1.29 bits per heavy atom. The van der Waals surface area contributed by atoms with Crippen LogP contribution in [0.25, 0.3) is 0 Å². The van der Waals surface area contributed by atoms with Crippen molar-refractivity contribution < 1.29 is 21.8 Å². The Morgan fingerprint density at radius 3 is 2.07 bits per heavy atom. The van der Waals surface area contributed by atoms with Crippen LogP contribution in [0.3, 0.4) is 0 Å². The molecule has 1 aromatic rings. The molecule has 0 saturated carbocycles. The fourth-order valence-electron chi connectivity index (χ4n) is 0.850. The molecule has 0 aromatic carbocycles. The molecule has 0 unspecified atom stereocenters. The molecule has 1 rings (SSSR count). The van der Waals surface area contributed by atoms with E-state index in [1.54, 1.807) is 0 Å². The van der Waals surface area contributed by atoms with E-state index < -0.39 is 7.25 Å². The summed E-state index contributed by atoms with van der Waals surface area (Å²) in [4.78, 5) is 0. The molecule has 0 saturated heterocycles. The molecule has 80 valence electrons. The summed E-state index contributed by atoms with van der Waals surface area (Å²) in [5.74, 6) is 0. The molecule has 6 heteroatoms. The Labute approximate surface area is 80.5 Å². The molecular weight excluding hydrogens is 197 g/mol. The SMILES string of the molecule is CC[n+]1cccc(C)c1.F[B-](F)(F)F. The fraction of sp³-hybridized carbons (Fsp3) is 0.375. The van der Waals surface area contributed by atoms with Crippen molar-refractivity contribution in [3.05, 3.63) is 30.1 Å². The van der Waals surface area contributed by atoms with Gasteiger partial charge in [-0.2, -0.15) is 0 Å². The predicted octanol–water partition coefficient (Wildman–Crippen LogP) is 2.60. The van der Waals surface area contributed by atoms with Crippen LogP contribution in [0.5, 0.6) is 0 Å². The van der Waals surface area contributed by atoms with Crippen LogP contribution >= 0.6 is 0 Å². The standard InChI is InChI=1S/C8H12N.BF4/c1-3-9-6-4-5-8(2)7-9;2-1(3,4)5/h4-7H,3H2,1-2H3;/q+1;-1. The first-order valence-corrected chi connectivity index (χ1v) is 4.16. The van der Waals surface area contributed by atoms with Gasteiger partial charge in [-0.3, -0.25) is 0 Å². The van der Waals surface area contributed by atoms with Gasteiger partial charge in [-0.1, -0.05) is 0 Å². The minimum absolute atomic E-state index is 1.06. The summed E-state index contributed by atoms with van der Waals surface area (Å²) in [6, 6.07) is 4.17. The van der Waals surface area contributed by atoms with Crippen LogP contribution in [0.4, 0.5) is 17.3 Å². The quantitative estimate of drug-likeness (QED) is 0.380. The molecule has 0 amide bonds. The summed E-state index contributed by atoms with van der Waals surface area (Å²) < 4.78 is 41.2. The van der Waals surface area contributed by atoms with Crippen LogP contribution in [0.15, 0.2) is 24.5 Å². The van der Waals surface area contributed by atoms with Gasteiger partial charge in [0.15, 0.2) is 12.4 Å². The molecule has 0 radical (unpaired) electrons. The Hall–Kier alpha value is -1.07. The van der Waals surface area contributed by atoms with Gasteiger partial charge in [0, 0.05) is 11.6 Å². The third-order valence-corrected chi connectivity index (χ3v) is 1.37. The highest BCUT2D eigenvalue weighted by Crippen LogP contribution is 2.06. The smallest absolute Gasteiger partial charge is 0.418 e. The van der Waals surface area contributed by atoms with Crippen molar-refractivity contribution in [1.82, 2.24) is 0 Å². The molecule has 0 N–H and O–H groups in total. The molecule has 0 fully saturated rings. The lowest BCUT2D eigenvalue weighted by atomic mass is 10.3. The van der Waals surface area contributed by atoms with Crippen molar-refractivity contribution in [3.8, 4) is 0 Å². The third-order valence-electron chi connectivity index (χ3n) is 1.37. The Balaban J connectivity index is 0.000000292. The van der Waals surface area contributed by atoms with Crippen molar-refractivity contribution in [1.29, 1.82) is 0 Å². The zero-order chi connectivity index (χ0) is 11.2. The van der Waals surface area contributed by atoms with Gasteiger partial charge in [-0.25, -0.2) is 4.57 Å². The van der Waals surface area contributed by atoms with E-state index in [1.807, 2.05) is 0 Å². The number of pyridine rings is 1. The van der Waals surface area contributed by atoms with Gasteiger partial charge in [0.1, 0.15) is 6.54 Å². The van der Waals surface area contributed by atoms with Gasteiger partial charge in [-0.05, 0) is 19.9 Å². The first-order chi connectivity index (χ1) is 6.33. The molecule has 0 aliphatic rings. The first kappa shape index (κ1) is 12.9. The number of aromatic nitrogens is 1. The van der Waals surface area contributed by atoms with Gasteiger partial charge in [0.25, 0.3) is 0 Å². The Kier molecular flexibility index (Phi) is 5.19. The molecule has 0 aliphatic carbocycles. The summed E-state index contributed by atoms with van der Waals surface area (Å²) in [7, 11) is -6.00. The average molecular weight is 209 g/mol. The minimum atomic E-state index is -6.00. The maximum Gasteiger partial charge on any atom is 0.673 e. The maximum absolute atomic E-state index is 9.75. The fourth-order valence-corrected chi connectivity index (χ4v) is 0.850. The van der Waals surface area contributed by atoms with E-state index in [2.05, 4.69) is 42.9 Å². The van der Waals surface area contributed by atoms with Crippen LogP contribution in [0.1, 0.15) is 12.5 Å². The zero-order valence-electron chi connectivity index (χ0n) is 8.05. The number of halogens is 4. The van der Waals surface area contributed by atoms with Gasteiger partial charge in [-0.15, -0.1) is 0 Å². The third kappa shape index (κ3) is 9.03. The van der Waals surface area contributed by atoms with E-state index in [4.69, 9.17) is 0 Å². The molecule has 1 nitrogen and oxygen atoms in total. The van der Waals surface area contributed by atoms with E-state index in [-0.39, 0.29) is 0 Å². The van der Waals surface area contributed by atoms with Crippen molar-refractivity contribution in [2.24, 2.45) is 0 Å². The van der Waals surface area contributed by atoms with Crippen LogP contribution < -0.4 is 4.57 Å². The van der Waals surface area contributed by atoms with E-state index >= 15 is 0 Å². The van der Waals surface area contributed by atoms with E-state index in [0.717, 1.165) is 6.54 Å². The molecule has 14 heavy (non-hydrogen) atoms. The minimum Gasteiger partial charge on any atom is -0.418 e.